The van der Waals surface area contributed by atoms with Crippen molar-refractivity contribution in [2.45, 2.75) is 216 Å². The normalized spacial score (nSPS) is 6.87. The topological polar surface area (TPSA) is 583 Å². The molecule has 0 aromatic heterocycles. The number of carbonyl (C=O) groups excluding carboxylic acids is 12. The van der Waals surface area contributed by atoms with E-state index in [1.807, 2.05) is 132 Å². The van der Waals surface area contributed by atoms with Crippen molar-refractivity contribution in [1.29, 1.82) is 5.26 Å². The molecule has 1 fully saturated rings. The first kappa shape index (κ1) is 198. The molecule has 0 radical (unpaired) electrons. The third-order valence-electron chi connectivity index (χ3n) is 6.91. The van der Waals surface area contributed by atoms with E-state index < -0.39 is 0 Å². The van der Waals surface area contributed by atoms with Gasteiger partial charge in [0.1, 0.15) is 74.7 Å². The molecule has 0 atom stereocenters. The molecule has 0 unspecified atom stereocenters. The van der Waals surface area contributed by atoms with E-state index in [4.69, 9.17) is 63.1 Å². The highest BCUT2D eigenvalue weighted by Gasteiger charge is 2.11. The van der Waals surface area contributed by atoms with Crippen LogP contribution in [0, 0.1) is 35.0 Å². The van der Waals surface area contributed by atoms with Crippen molar-refractivity contribution in [3.63, 3.8) is 0 Å². The average Bonchev–Trinajstić information content (AvgIpc) is 3.65. The molecule has 26 nitrogen and oxygen atoms in total. The second-order valence-corrected chi connectivity index (χ2v) is 15.0. The molecular weight excluding hydrogens is 1220 g/mol. The van der Waals surface area contributed by atoms with Crippen molar-refractivity contribution < 1.29 is 62.6 Å². The zero-order valence-electron chi connectivity index (χ0n) is 67.5. The summed E-state index contributed by atoms with van der Waals surface area (Å²) in [7, 11) is 9.00. The molecule has 1 amide bonds. The fourth-order valence-corrected chi connectivity index (χ4v) is 2.64. The first-order chi connectivity index (χ1) is 43.4. The van der Waals surface area contributed by atoms with Crippen LogP contribution in [0.1, 0.15) is 208 Å². The number of aliphatic hydroxyl groups excluding tert-OH is 1. The number of carbonyl (C=O) groups is 12. The minimum Gasteiger partial charge on any atom is -0.394 e. The number of rotatable bonds is 5. The highest BCUT2D eigenvalue weighted by atomic mass is 16.3. The lowest BCUT2D eigenvalue weighted by molar-refractivity contribution is -0.129. The number of nitriles is 1. The van der Waals surface area contributed by atoms with Crippen LogP contribution < -0.4 is 65.2 Å². The number of aryl methyl sites for hydroxylation is 2. The van der Waals surface area contributed by atoms with E-state index in [0.717, 1.165) is 49.6 Å². The molecule has 0 saturated carbocycles. The maximum atomic E-state index is 10.7. The van der Waals surface area contributed by atoms with E-state index in [1.54, 1.807) is 20.8 Å². The minimum atomic E-state index is -0.167. The van der Waals surface area contributed by atoms with Crippen LogP contribution in [0.25, 0.3) is 0 Å². The van der Waals surface area contributed by atoms with Crippen molar-refractivity contribution >= 4 is 80.6 Å². The first-order valence-corrected chi connectivity index (χ1v) is 29.4. The van der Waals surface area contributed by atoms with E-state index in [1.165, 1.54) is 91.9 Å². The van der Waals surface area contributed by atoms with E-state index in [0.29, 0.717) is 6.42 Å². The van der Waals surface area contributed by atoms with Crippen molar-refractivity contribution in [3.05, 3.63) is 71.8 Å². The van der Waals surface area contributed by atoms with Gasteiger partial charge >= 0.3 is 0 Å². The summed E-state index contributed by atoms with van der Waals surface area (Å²) >= 11 is 0. The number of hydrogen-bond donors (Lipinski definition) is 12. The lowest BCUT2D eigenvalue weighted by Crippen LogP contribution is -2.33. The summed E-state index contributed by atoms with van der Waals surface area (Å²) in [5.74, 6) is 3.72. The van der Waals surface area contributed by atoms with Crippen molar-refractivity contribution in [2.75, 3.05) is 55.4 Å². The monoisotopic (exact) mass is 1390 g/mol. The van der Waals surface area contributed by atoms with E-state index in [2.05, 4.69) is 180 Å². The summed E-state index contributed by atoms with van der Waals surface area (Å²) in [5.41, 5.74) is 29.8. The Morgan fingerprint density at radius 2 is 0.526 bits per heavy atom. The number of benzene rings is 2. The van der Waals surface area contributed by atoms with Gasteiger partial charge in [-0.1, -0.05) is 211 Å². The Morgan fingerprint density at radius 3 is 0.589 bits per heavy atom. The Labute approximate surface area is 589 Å². The molecule has 1 heterocycles. The molecule has 1 saturated heterocycles. The van der Waals surface area contributed by atoms with Gasteiger partial charge in [0, 0.05) is 32.5 Å². The molecule has 1 aliphatic rings. The number of hydrogen-bond acceptors (Lipinski definition) is 25. The van der Waals surface area contributed by atoms with Crippen molar-refractivity contribution in [2.24, 2.45) is 58.1 Å². The van der Waals surface area contributed by atoms with Gasteiger partial charge in [0.05, 0.1) is 6.07 Å². The number of likely N-dealkylation sites (tertiary alicyclic amines) is 1. The molecule has 590 valence electrons. The van der Waals surface area contributed by atoms with E-state index in [9.17, 15) is 4.79 Å². The van der Waals surface area contributed by atoms with Crippen LogP contribution in [0.2, 0.25) is 0 Å². The Hall–Kier alpha value is -6.71. The van der Waals surface area contributed by atoms with Crippen molar-refractivity contribution in [1.82, 2.24) is 35.7 Å². The van der Waals surface area contributed by atoms with Crippen molar-refractivity contribution in [3.8, 4) is 6.07 Å². The quantitative estimate of drug-likeness (QED) is 0.132. The number of nitrogens with zero attached hydrogens (tertiary/aromatic N) is 2. The third kappa shape index (κ3) is 609. The molecule has 3 rings (SSSR count). The van der Waals surface area contributed by atoms with Gasteiger partial charge in [0.25, 0.3) is 0 Å². The molecular formula is C69H171N13O13. The number of aliphatic hydroxyl groups is 1. The largest absolute Gasteiger partial charge is 0.394 e. The SMILES string of the molecule is C=O.C=O.C=O.C=O.C=O.C=O.C=O.C=O.C=O.C=O.C=O.CC.CC.CC(=O)N1CCCCC1.CC(C)C.CC(C)O.CCC#N.CCC(C)C.CCC(C)C.CCC(C)C.CCc1ccccc1.CCc1ccccc1.CN.CN.CN.CN.CN.CN.N.N.N.N.N. The van der Waals surface area contributed by atoms with E-state index >= 15 is 0 Å². The zero-order chi connectivity index (χ0) is 79.8. The van der Waals surface area contributed by atoms with E-state index in [-0.39, 0.29) is 42.8 Å². The highest BCUT2D eigenvalue weighted by Crippen LogP contribution is 2.07. The van der Waals surface area contributed by atoms with Gasteiger partial charge in [-0.15, -0.1) is 0 Å². The predicted octanol–water partition coefficient (Wildman–Crippen LogP) is 12.9. The maximum absolute atomic E-state index is 10.7. The molecule has 1 aliphatic heterocycles. The molecule has 28 N–H and O–H groups in total. The summed E-state index contributed by atoms with van der Waals surface area (Å²) in [6, 6.07) is 22.8. The molecule has 2 aromatic rings. The zero-order valence-corrected chi connectivity index (χ0v) is 67.5. The minimum absolute atomic E-state index is 0. The molecule has 26 heteroatoms. The number of nitrogens with two attached hydrogens (primary N) is 6. The molecule has 0 spiro atoms. The highest BCUT2D eigenvalue weighted by molar-refractivity contribution is 5.73. The van der Waals surface area contributed by atoms with Crippen LogP contribution in [-0.4, -0.2) is 152 Å². The Morgan fingerprint density at radius 1 is 0.400 bits per heavy atom. The molecule has 2 aromatic carbocycles. The third-order valence-corrected chi connectivity index (χ3v) is 6.91. The summed E-state index contributed by atoms with van der Waals surface area (Å²) in [6.07, 6.45) is 10.3. The van der Waals surface area contributed by atoms with Gasteiger partial charge < -0.3 is 128 Å². The maximum Gasteiger partial charge on any atom is 0.219 e. The average molecular weight is 1390 g/mol. The standard InChI is InChI=1S/2C8H10.C7H13NO.3C5H12.C4H10.C3H5N.C3H8O.2C2H6.6CH5N.11CH2O.5H3N/c2*1-2-8-6-4-3-5-7-8;1-7(9)8-5-3-2-4-6-8;3*1-4-5(2)3;1-4(2)3;1-2-3-4;1-3(2)4;19*1-2;;;;;/h2*3-7H,2H2,1H3;2-6H2,1H3;3*5H,4H2,1-3H3;4H,1-3H3;2H2,1H3;3-4H,1-2H3;2*1-2H3;6*2H2,1H3;11*1H2;5*1H3. The summed E-state index contributed by atoms with van der Waals surface area (Å²) in [6.45, 7) is 69.6. The van der Waals surface area contributed by atoms with Gasteiger partial charge in [-0.05, 0) is 123 Å². The summed E-state index contributed by atoms with van der Waals surface area (Å²) < 4.78 is 0. The summed E-state index contributed by atoms with van der Waals surface area (Å²) in [5, 5.41) is 15.7. The predicted molar refractivity (Wildman–Crippen MR) is 424 cm³/mol. The number of piperidine rings is 1. The Kier molecular flexibility index (Phi) is 757. The van der Waals surface area contributed by atoms with Gasteiger partial charge in [0.2, 0.25) is 5.91 Å². The second kappa shape index (κ2) is 363. The van der Waals surface area contributed by atoms with Gasteiger partial charge in [-0.3, -0.25) is 4.79 Å². The molecule has 0 aliphatic carbocycles. The van der Waals surface area contributed by atoms with Gasteiger partial charge in [-0.25, -0.2) is 0 Å². The Bertz CT molecular complexity index is 1070. The smallest absolute Gasteiger partial charge is 0.219 e. The van der Waals surface area contributed by atoms with Crippen LogP contribution in [0.4, 0.5) is 0 Å². The fraction of sp³-hybridized carbons (Fsp3) is 0.638. The lowest BCUT2D eigenvalue weighted by Gasteiger charge is -2.24. The number of amides is 1. The molecule has 0 bridgehead atoms. The van der Waals surface area contributed by atoms with Crippen LogP contribution in [0.15, 0.2) is 60.7 Å². The Balaban J connectivity index is -0.0000000168. The first-order valence-electron chi connectivity index (χ1n) is 29.4. The van der Waals surface area contributed by atoms with Crippen LogP contribution in [0.3, 0.4) is 0 Å². The van der Waals surface area contributed by atoms with Gasteiger partial charge in [0.15, 0.2) is 0 Å². The van der Waals surface area contributed by atoms with Crippen LogP contribution in [-0.2, 0) is 70.4 Å². The summed E-state index contributed by atoms with van der Waals surface area (Å²) in [4.78, 5) is 101. The van der Waals surface area contributed by atoms with Crippen LogP contribution in [0.5, 0.6) is 0 Å². The fourth-order valence-electron chi connectivity index (χ4n) is 2.64. The lowest BCUT2D eigenvalue weighted by atomic mass is 10.1. The molecule has 95 heavy (non-hydrogen) atoms. The van der Waals surface area contributed by atoms with Crippen LogP contribution >= 0.6 is 0 Å². The second-order valence-electron chi connectivity index (χ2n) is 15.0. The van der Waals surface area contributed by atoms with Gasteiger partial charge in [-0.2, -0.15) is 5.26 Å².